The first kappa shape index (κ1) is 14.2. The van der Waals surface area contributed by atoms with Crippen molar-refractivity contribution in [3.05, 3.63) is 52.1 Å². The van der Waals surface area contributed by atoms with Crippen LogP contribution in [0.2, 0.25) is 0 Å². The SMILES string of the molecule is CC(C)(C)c1ccc2nc(-n3cc(C=O)cn3)[nH]c(=O)c2c1. The van der Waals surface area contributed by atoms with E-state index in [1.165, 1.54) is 17.1 Å². The van der Waals surface area contributed by atoms with Crippen LogP contribution in [0, 0.1) is 0 Å². The number of aromatic nitrogens is 4. The monoisotopic (exact) mass is 296 g/mol. The molecule has 0 saturated heterocycles. The Kier molecular flexibility index (Phi) is 3.16. The number of nitrogens with zero attached hydrogens (tertiary/aromatic N) is 3. The van der Waals surface area contributed by atoms with Crippen LogP contribution in [0.4, 0.5) is 0 Å². The van der Waals surface area contributed by atoms with Crippen molar-refractivity contribution >= 4 is 17.2 Å². The molecular weight excluding hydrogens is 280 g/mol. The average Bonchev–Trinajstić information content (AvgIpc) is 2.94. The van der Waals surface area contributed by atoms with Gasteiger partial charge in [-0.15, -0.1) is 0 Å². The van der Waals surface area contributed by atoms with E-state index in [-0.39, 0.29) is 16.9 Å². The maximum absolute atomic E-state index is 12.3. The Morgan fingerprint density at radius 3 is 2.68 bits per heavy atom. The van der Waals surface area contributed by atoms with Gasteiger partial charge in [0.15, 0.2) is 6.29 Å². The lowest BCUT2D eigenvalue weighted by atomic mass is 9.86. The van der Waals surface area contributed by atoms with Crippen LogP contribution in [-0.4, -0.2) is 26.0 Å². The fourth-order valence-electron chi connectivity index (χ4n) is 2.21. The summed E-state index contributed by atoms with van der Waals surface area (Å²) in [4.78, 5) is 30.1. The van der Waals surface area contributed by atoms with Crippen molar-refractivity contribution in [3.63, 3.8) is 0 Å². The minimum atomic E-state index is -0.228. The Hall–Kier alpha value is -2.76. The maximum atomic E-state index is 12.3. The molecule has 112 valence electrons. The van der Waals surface area contributed by atoms with Gasteiger partial charge in [-0.05, 0) is 23.1 Å². The molecule has 0 aliphatic heterocycles. The summed E-state index contributed by atoms with van der Waals surface area (Å²) >= 11 is 0. The van der Waals surface area contributed by atoms with Crippen molar-refractivity contribution in [2.75, 3.05) is 0 Å². The van der Waals surface area contributed by atoms with Crippen LogP contribution in [0.3, 0.4) is 0 Å². The van der Waals surface area contributed by atoms with Gasteiger partial charge in [-0.25, -0.2) is 9.67 Å². The average molecular weight is 296 g/mol. The second-order valence-electron chi connectivity index (χ2n) is 6.21. The van der Waals surface area contributed by atoms with Crippen molar-refractivity contribution < 1.29 is 4.79 Å². The Labute approximate surface area is 126 Å². The van der Waals surface area contributed by atoms with Crippen LogP contribution in [-0.2, 0) is 5.41 Å². The summed E-state index contributed by atoms with van der Waals surface area (Å²) in [6.07, 6.45) is 3.62. The Morgan fingerprint density at radius 1 is 1.27 bits per heavy atom. The molecule has 6 nitrogen and oxygen atoms in total. The third kappa shape index (κ3) is 2.43. The standard InChI is InChI=1S/C16H16N4O2/c1-16(2,3)11-4-5-13-12(6-11)14(22)19-15(18-13)20-8-10(9-21)7-17-20/h4-9H,1-3H3,(H,18,19,22). The normalized spacial score (nSPS) is 11.8. The molecule has 0 atom stereocenters. The van der Waals surface area contributed by atoms with Gasteiger partial charge in [0.25, 0.3) is 5.56 Å². The number of nitrogens with one attached hydrogen (secondary N) is 1. The van der Waals surface area contributed by atoms with E-state index in [1.807, 2.05) is 18.2 Å². The van der Waals surface area contributed by atoms with Gasteiger partial charge < -0.3 is 0 Å². The van der Waals surface area contributed by atoms with Gasteiger partial charge in [-0.1, -0.05) is 26.8 Å². The lowest BCUT2D eigenvalue weighted by Gasteiger charge is -2.19. The summed E-state index contributed by atoms with van der Waals surface area (Å²) in [5.41, 5.74) is 1.82. The van der Waals surface area contributed by atoms with Gasteiger partial charge in [0.05, 0.1) is 22.7 Å². The molecule has 6 heteroatoms. The van der Waals surface area contributed by atoms with Crippen LogP contribution in [0.5, 0.6) is 0 Å². The molecule has 2 heterocycles. The molecular formula is C16H16N4O2. The van der Waals surface area contributed by atoms with Crippen LogP contribution < -0.4 is 5.56 Å². The van der Waals surface area contributed by atoms with Crippen LogP contribution in [0.1, 0.15) is 36.7 Å². The first-order valence-corrected chi connectivity index (χ1v) is 6.93. The summed E-state index contributed by atoms with van der Waals surface area (Å²) in [6, 6.07) is 5.67. The highest BCUT2D eigenvalue weighted by Crippen LogP contribution is 2.24. The van der Waals surface area contributed by atoms with E-state index in [9.17, 15) is 9.59 Å². The molecule has 0 bridgehead atoms. The molecule has 1 aromatic carbocycles. The van der Waals surface area contributed by atoms with E-state index in [4.69, 9.17) is 0 Å². The van der Waals surface area contributed by atoms with Crippen molar-refractivity contribution in [2.45, 2.75) is 26.2 Å². The Morgan fingerprint density at radius 2 is 2.05 bits per heavy atom. The zero-order valence-corrected chi connectivity index (χ0v) is 12.6. The molecule has 0 aliphatic carbocycles. The lowest BCUT2D eigenvalue weighted by molar-refractivity contribution is 0.112. The third-order valence-electron chi connectivity index (χ3n) is 3.51. The van der Waals surface area contributed by atoms with E-state index in [0.717, 1.165) is 5.56 Å². The largest absolute Gasteiger partial charge is 0.298 e. The molecule has 22 heavy (non-hydrogen) atoms. The number of carbonyl (C=O) groups is 1. The minimum absolute atomic E-state index is 0.0415. The van der Waals surface area contributed by atoms with Gasteiger partial charge in [-0.2, -0.15) is 5.10 Å². The summed E-state index contributed by atoms with van der Waals surface area (Å²) in [5, 5.41) is 4.56. The second-order valence-corrected chi connectivity index (χ2v) is 6.21. The number of hydrogen-bond acceptors (Lipinski definition) is 4. The molecule has 0 amide bonds. The molecule has 3 rings (SSSR count). The van der Waals surface area contributed by atoms with Crippen LogP contribution >= 0.6 is 0 Å². The molecule has 1 N–H and O–H groups in total. The van der Waals surface area contributed by atoms with Gasteiger partial charge in [0, 0.05) is 6.20 Å². The predicted molar refractivity (Wildman–Crippen MR) is 83.6 cm³/mol. The molecule has 0 unspecified atom stereocenters. The highest BCUT2D eigenvalue weighted by molar-refractivity contribution is 5.79. The van der Waals surface area contributed by atoms with Gasteiger partial charge in [-0.3, -0.25) is 14.6 Å². The zero-order chi connectivity index (χ0) is 15.9. The number of carbonyl (C=O) groups excluding carboxylic acids is 1. The number of aromatic amines is 1. The smallest absolute Gasteiger partial charge is 0.260 e. The third-order valence-corrected chi connectivity index (χ3v) is 3.51. The van der Waals surface area contributed by atoms with Crippen LogP contribution in [0.15, 0.2) is 35.4 Å². The van der Waals surface area contributed by atoms with Gasteiger partial charge in [0.2, 0.25) is 5.95 Å². The summed E-state index contributed by atoms with van der Waals surface area (Å²) in [7, 11) is 0. The number of rotatable bonds is 2. The number of fused-ring (bicyclic) bond motifs is 1. The molecule has 0 radical (unpaired) electrons. The maximum Gasteiger partial charge on any atom is 0.260 e. The van der Waals surface area contributed by atoms with Crippen molar-refractivity contribution in [1.29, 1.82) is 0 Å². The van der Waals surface area contributed by atoms with Crippen molar-refractivity contribution in [2.24, 2.45) is 0 Å². The van der Waals surface area contributed by atoms with E-state index in [1.54, 1.807) is 0 Å². The van der Waals surface area contributed by atoms with E-state index in [0.29, 0.717) is 22.8 Å². The summed E-state index contributed by atoms with van der Waals surface area (Å²) in [5.74, 6) is 0.286. The number of H-pyrrole nitrogens is 1. The lowest BCUT2D eigenvalue weighted by Crippen LogP contribution is -2.16. The molecule has 0 saturated carbocycles. The van der Waals surface area contributed by atoms with Crippen LogP contribution in [0.25, 0.3) is 16.9 Å². The zero-order valence-electron chi connectivity index (χ0n) is 12.6. The molecule has 0 spiro atoms. The topological polar surface area (TPSA) is 80.6 Å². The second kappa shape index (κ2) is 4.91. The fourth-order valence-corrected chi connectivity index (χ4v) is 2.21. The highest BCUT2D eigenvalue weighted by Gasteiger charge is 2.15. The van der Waals surface area contributed by atoms with Gasteiger partial charge >= 0.3 is 0 Å². The number of aldehydes is 1. The highest BCUT2D eigenvalue weighted by atomic mass is 16.1. The predicted octanol–water partition coefficient (Wildman–Crippen LogP) is 2.22. The molecule has 0 aliphatic rings. The molecule has 3 aromatic rings. The minimum Gasteiger partial charge on any atom is -0.298 e. The Balaban J connectivity index is 2.17. The molecule has 0 fully saturated rings. The van der Waals surface area contributed by atoms with E-state index >= 15 is 0 Å². The van der Waals surface area contributed by atoms with Crippen molar-refractivity contribution in [1.82, 2.24) is 19.7 Å². The summed E-state index contributed by atoms with van der Waals surface area (Å²) in [6.45, 7) is 6.28. The van der Waals surface area contributed by atoms with Gasteiger partial charge in [0.1, 0.15) is 0 Å². The Bertz CT molecular complexity index is 916. The molecule has 2 aromatic heterocycles. The quantitative estimate of drug-likeness (QED) is 0.735. The summed E-state index contributed by atoms with van der Waals surface area (Å²) < 4.78 is 1.38. The first-order chi connectivity index (χ1) is 10.4. The van der Waals surface area contributed by atoms with E-state index < -0.39 is 0 Å². The fraction of sp³-hybridized carbons (Fsp3) is 0.250. The first-order valence-electron chi connectivity index (χ1n) is 6.93. The van der Waals surface area contributed by atoms with E-state index in [2.05, 4.69) is 35.8 Å². The number of hydrogen-bond donors (Lipinski definition) is 1. The number of benzene rings is 1. The van der Waals surface area contributed by atoms with Crippen molar-refractivity contribution in [3.8, 4) is 5.95 Å².